The first kappa shape index (κ1) is 19.0. The van der Waals surface area contributed by atoms with Gasteiger partial charge in [-0.1, -0.05) is 29.8 Å². The van der Waals surface area contributed by atoms with Crippen LogP contribution in [0.3, 0.4) is 0 Å². The first-order chi connectivity index (χ1) is 13.0. The third kappa shape index (κ3) is 5.37. The van der Waals surface area contributed by atoms with Gasteiger partial charge >= 0.3 is 5.97 Å². The van der Waals surface area contributed by atoms with Crippen LogP contribution in [0.1, 0.15) is 5.56 Å². The number of ether oxygens (including phenoxy) is 1. The summed E-state index contributed by atoms with van der Waals surface area (Å²) in [5.74, 6) is -0.523. The van der Waals surface area contributed by atoms with Gasteiger partial charge in [0.25, 0.3) is 5.91 Å². The fourth-order valence-electron chi connectivity index (χ4n) is 2.95. The highest BCUT2D eigenvalue weighted by atomic mass is 35.5. The van der Waals surface area contributed by atoms with E-state index >= 15 is 0 Å². The number of halogens is 1. The van der Waals surface area contributed by atoms with Crippen LogP contribution in [0.2, 0.25) is 5.02 Å². The molecule has 0 aliphatic carbocycles. The molecule has 0 aromatic heterocycles. The van der Waals surface area contributed by atoms with Crippen molar-refractivity contribution >= 4 is 29.2 Å². The Balaban J connectivity index is 1.42. The molecule has 1 heterocycles. The molecule has 1 aliphatic rings. The van der Waals surface area contributed by atoms with Gasteiger partial charge in [-0.3, -0.25) is 9.59 Å². The standard InChI is InChI=1S/C20H21ClN2O4/c21-16-2-1-3-17(13-16)22-8-10-23(11-9-22)19(25)14-27-20(26)12-15-4-6-18(24)7-5-15/h1-7,13,24H,8-12,14H2. The number of anilines is 1. The molecule has 7 heteroatoms. The minimum Gasteiger partial charge on any atom is -0.508 e. The van der Waals surface area contributed by atoms with Gasteiger partial charge in [0.1, 0.15) is 5.75 Å². The monoisotopic (exact) mass is 388 g/mol. The second-order valence-electron chi connectivity index (χ2n) is 6.35. The number of phenolic OH excluding ortho intramolecular Hbond substituents is 1. The van der Waals surface area contributed by atoms with Gasteiger partial charge in [0.05, 0.1) is 6.42 Å². The Labute approximate surface area is 162 Å². The summed E-state index contributed by atoms with van der Waals surface area (Å²) in [7, 11) is 0. The van der Waals surface area contributed by atoms with Crippen LogP contribution in [0.4, 0.5) is 5.69 Å². The summed E-state index contributed by atoms with van der Waals surface area (Å²) < 4.78 is 5.09. The predicted molar refractivity (Wildman–Crippen MR) is 103 cm³/mol. The summed E-state index contributed by atoms with van der Waals surface area (Å²) >= 11 is 6.03. The maximum atomic E-state index is 12.3. The average molecular weight is 389 g/mol. The molecule has 0 atom stereocenters. The molecule has 0 unspecified atom stereocenters. The van der Waals surface area contributed by atoms with Crippen LogP contribution in [0.25, 0.3) is 0 Å². The molecule has 2 aromatic rings. The fourth-order valence-corrected chi connectivity index (χ4v) is 3.14. The van der Waals surface area contributed by atoms with E-state index in [1.807, 2.05) is 24.3 Å². The molecule has 1 amide bonds. The molecule has 3 rings (SSSR count). The van der Waals surface area contributed by atoms with Crippen LogP contribution >= 0.6 is 11.6 Å². The van der Waals surface area contributed by atoms with Gasteiger partial charge in [0.15, 0.2) is 6.61 Å². The molecule has 0 spiro atoms. The highest BCUT2D eigenvalue weighted by molar-refractivity contribution is 6.30. The van der Waals surface area contributed by atoms with Crippen molar-refractivity contribution < 1.29 is 19.4 Å². The minimum absolute atomic E-state index is 0.0656. The zero-order chi connectivity index (χ0) is 19.2. The Kier molecular flexibility index (Phi) is 6.19. The molecule has 27 heavy (non-hydrogen) atoms. The van der Waals surface area contributed by atoms with Crippen molar-refractivity contribution in [3.63, 3.8) is 0 Å². The molecular weight excluding hydrogens is 368 g/mol. The first-order valence-corrected chi connectivity index (χ1v) is 9.11. The normalized spacial score (nSPS) is 14.1. The zero-order valence-electron chi connectivity index (χ0n) is 14.8. The Hall–Kier alpha value is -2.73. The van der Waals surface area contributed by atoms with E-state index in [9.17, 15) is 14.7 Å². The van der Waals surface area contributed by atoms with Crippen LogP contribution in [-0.2, 0) is 20.7 Å². The van der Waals surface area contributed by atoms with Gasteiger partial charge in [-0.2, -0.15) is 0 Å². The maximum Gasteiger partial charge on any atom is 0.310 e. The van der Waals surface area contributed by atoms with Gasteiger partial charge in [0, 0.05) is 36.9 Å². The second-order valence-corrected chi connectivity index (χ2v) is 6.79. The number of benzene rings is 2. The molecular formula is C20H21ClN2O4. The van der Waals surface area contributed by atoms with Crippen LogP contribution < -0.4 is 4.90 Å². The number of aromatic hydroxyl groups is 1. The van der Waals surface area contributed by atoms with E-state index in [-0.39, 0.29) is 24.7 Å². The van der Waals surface area contributed by atoms with Gasteiger partial charge in [-0.25, -0.2) is 0 Å². The predicted octanol–water partition coefficient (Wildman–Crippen LogP) is 2.48. The van der Waals surface area contributed by atoms with Crippen molar-refractivity contribution in [2.45, 2.75) is 6.42 Å². The third-order valence-electron chi connectivity index (χ3n) is 4.45. The molecule has 2 aromatic carbocycles. The number of nitrogens with zero attached hydrogens (tertiary/aromatic N) is 2. The topological polar surface area (TPSA) is 70.1 Å². The minimum atomic E-state index is -0.466. The fraction of sp³-hybridized carbons (Fsp3) is 0.300. The van der Waals surface area contributed by atoms with Crippen LogP contribution in [0, 0.1) is 0 Å². The summed E-state index contributed by atoms with van der Waals surface area (Å²) in [5, 5.41) is 9.93. The zero-order valence-corrected chi connectivity index (χ0v) is 15.6. The smallest absolute Gasteiger partial charge is 0.310 e. The summed E-state index contributed by atoms with van der Waals surface area (Å²) in [6.45, 7) is 2.29. The van der Waals surface area contributed by atoms with Gasteiger partial charge in [-0.05, 0) is 35.9 Å². The molecule has 1 fully saturated rings. The van der Waals surface area contributed by atoms with E-state index < -0.39 is 5.97 Å². The molecule has 1 aliphatic heterocycles. The lowest BCUT2D eigenvalue weighted by molar-refractivity contribution is -0.151. The number of phenols is 1. The lowest BCUT2D eigenvalue weighted by Gasteiger charge is -2.36. The van der Waals surface area contributed by atoms with Crippen molar-refractivity contribution in [1.29, 1.82) is 0 Å². The third-order valence-corrected chi connectivity index (χ3v) is 4.68. The molecule has 0 saturated carbocycles. The average Bonchev–Trinajstić information content (AvgIpc) is 2.68. The lowest BCUT2D eigenvalue weighted by atomic mass is 10.1. The highest BCUT2D eigenvalue weighted by Crippen LogP contribution is 2.20. The number of hydrogen-bond acceptors (Lipinski definition) is 5. The summed E-state index contributed by atoms with van der Waals surface area (Å²) in [5.41, 5.74) is 1.76. The van der Waals surface area contributed by atoms with E-state index in [2.05, 4.69) is 4.90 Å². The number of carbonyl (C=O) groups excluding carboxylic acids is 2. The molecule has 1 saturated heterocycles. The Bertz CT molecular complexity index is 802. The van der Waals surface area contributed by atoms with Crippen molar-refractivity contribution in [3.05, 3.63) is 59.1 Å². The van der Waals surface area contributed by atoms with Crippen molar-refractivity contribution in [3.8, 4) is 5.75 Å². The summed E-state index contributed by atoms with van der Waals surface area (Å²) in [4.78, 5) is 28.0. The Morgan fingerprint density at radius 2 is 1.74 bits per heavy atom. The first-order valence-electron chi connectivity index (χ1n) is 8.73. The number of piperazine rings is 1. The van der Waals surface area contributed by atoms with Gasteiger partial charge < -0.3 is 19.6 Å². The van der Waals surface area contributed by atoms with Gasteiger partial charge in [0.2, 0.25) is 0 Å². The number of hydrogen-bond donors (Lipinski definition) is 1. The van der Waals surface area contributed by atoms with Crippen LogP contribution in [-0.4, -0.2) is 54.7 Å². The van der Waals surface area contributed by atoms with E-state index in [0.29, 0.717) is 31.2 Å². The summed E-state index contributed by atoms with van der Waals surface area (Å²) in [6, 6.07) is 13.9. The quantitative estimate of drug-likeness (QED) is 0.797. The van der Waals surface area contributed by atoms with E-state index in [1.165, 1.54) is 12.1 Å². The summed E-state index contributed by atoms with van der Waals surface area (Å²) in [6.07, 6.45) is 0.0656. The number of amides is 1. The van der Waals surface area contributed by atoms with Gasteiger partial charge in [-0.15, -0.1) is 0 Å². The maximum absolute atomic E-state index is 12.3. The SMILES string of the molecule is O=C(Cc1ccc(O)cc1)OCC(=O)N1CCN(c2cccc(Cl)c2)CC1. The number of esters is 1. The Morgan fingerprint density at radius 1 is 1.04 bits per heavy atom. The molecule has 142 valence electrons. The molecule has 1 N–H and O–H groups in total. The van der Waals surface area contributed by atoms with Crippen LogP contribution in [0.15, 0.2) is 48.5 Å². The van der Waals surface area contributed by atoms with Crippen molar-refractivity contribution in [2.75, 3.05) is 37.7 Å². The van der Waals surface area contributed by atoms with Crippen LogP contribution in [0.5, 0.6) is 5.75 Å². The van der Waals surface area contributed by atoms with E-state index in [0.717, 1.165) is 11.3 Å². The molecule has 0 radical (unpaired) electrons. The van der Waals surface area contributed by atoms with Crippen molar-refractivity contribution in [1.82, 2.24) is 4.90 Å². The largest absolute Gasteiger partial charge is 0.508 e. The van der Waals surface area contributed by atoms with Crippen molar-refractivity contribution in [2.24, 2.45) is 0 Å². The number of carbonyl (C=O) groups is 2. The molecule has 6 nitrogen and oxygen atoms in total. The molecule has 0 bridgehead atoms. The van der Waals surface area contributed by atoms with E-state index in [1.54, 1.807) is 17.0 Å². The Morgan fingerprint density at radius 3 is 2.41 bits per heavy atom. The highest BCUT2D eigenvalue weighted by Gasteiger charge is 2.22. The lowest BCUT2D eigenvalue weighted by Crippen LogP contribution is -2.50. The number of rotatable bonds is 5. The second kappa shape index (κ2) is 8.77. The van der Waals surface area contributed by atoms with E-state index in [4.69, 9.17) is 16.3 Å².